The molecule has 0 spiro atoms. The minimum Gasteiger partial charge on any atom is -0.291 e. The van der Waals surface area contributed by atoms with Crippen molar-refractivity contribution in [1.82, 2.24) is 0 Å². The molecule has 0 radical (unpaired) electrons. The predicted molar refractivity (Wildman–Crippen MR) is 97.7 cm³/mol. The summed E-state index contributed by atoms with van der Waals surface area (Å²) in [6.45, 7) is 8.19. The molecular weight excluding hydrogens is 256 g/mol. The van der Waals surface area contributed by atoms with Crippen molar-refractivity contribution in [3.8, 4) is 0 Å². The van der Waals surface area contributed by atoms with Crippen LogP contribution in [0.4, 0.5) is 0 Å². The maximum absolute atomic E-state index is 4.46. The van der Waals surface area contributed by atoms with Gasteiger partial charge >= 0.3 is 0 Å². The molecule has 0 bridgehead atoms. The van der Waals surface area contributed by atoms with Crippen LogP contribution in [0.2, 0.25) is 0 Å². The van der Waals surface area contributed by atoms with Gasteiger partial charge in [0.2, 0.25) is 0 Å². The van der Waals surface area contributed by atoms with Crippen molar-refractivity contribution in [3.05, 3.63) is 12.8 Å². The first-order valence-corrected chi connectivity index (χ1v) is 8.90. The Balaban J connectivity index is 4.30. The van der Waals surface area contributed by atoms with Crippen molar-refractivity contribution in [1.29, 1.82) is 0 Å². The summed E-state index contributed by atoms with van der Waals surface area (Å²) in [6.07, 6.45) is 18.1. The largest absolute Gasteiger partial charge is 0.291 e. The molecule has 0 saturated heterocycles. The molecule has 122 valence electrons. The van der Waals surface area contributed by atoms with Crippen molar-refractivity contribution < 1.29 is 0 Å². The van der Waals surface area contributed by atoms with Crippen molar-refractivity contribution in [2.75, 3.05) is 7.05 Å². The SMILES string of the molecule is C=CN=CC(=NC)C(CCCCCC)CCCCCCC. The molecule has 0 aliphatic rings. The van der Waals surface area contributed by atoms with Crippen molar-refractivity contribution in [2.45, 2.75) is 84.5 Å². The second-order valence-corrected chi connectivity index (χ2v) is 5.86. The molecule has 0 saturated carbocycles. The molecule has 0 aliphatic carbocycles. The number of unbranched alkanes of at least 4 members (excludes halogenated alkanes) is 7. The minimum atomic E-state index is 0.581. The van der Waals surface area contributed by atoms with E-state index in [4.69, 9.17) is 0 Å². The molecular formula is C19H36N2. The molecule has 0 aliphatic heterocycles. The van der Waals surface area contributed by atoms with Crippen molar-refractivity contribution in [3.63, 3.8) is 0 Å². The molecule has 0 N–H and O–H groups in total. The average molecular weight is 293 g/mol. The predicted octanol–water partition coefficient (Wildman–Crippen LogP) is 6.22. The zero-order valence-corrected chi connectivity index (χ0v) is 14.6. The fourth-order valence-corrected chi connectivity index (χ4v) is 2.73. The van der Waals surface area contributed by atoms with Crippen LogP contribution in [-0.2, 0) is 0 Å². The molecule has 2 heteroatoms. The minimum absolute atomic E-state index is 0.581. The Morgan fingerprint density at radius 2 is 1.43 bits per heavy atom. The molecule has 2 nitrogen and oxygen atoms in total. The summed E-state index contributed by atoms with van der Waals surface area (Å²) in [7, 11) is 1.89. The van der Waals surface area contributed by atoms with E-state index in [-0.39, 0.29) is 0 Å². The van der Waals surface area contributed by atoms with Gasteiger partial charge in [0, 0.05) is 25.4 Å². The van der Waals surface area contributed by atoms with E-state index in [0.29, 0.717) is 5.92 Å². The summed E-state index contributed by atoms with van der Waals surface area (Å²) in [6, 6.07) is 0. The highest BCUT2D eigenvalue weighted by atomic mass is 14.7. The van der Waals surface area contributed by atoms with Crippen LogP contribution in [0.3, 0.4) is 0 Å². The first kappa shape index (κ1) is 20.1. The highest BCUT2D eigenvalue weighted by Gasteiger charge is 2.13. The van der Waals surface area contributed by atoms with Crippen LogP contribution in [0.5, 0.6) is 0 Å². The van der Waals surface area contributed by atoms with Gasteiger partial charge in [-0.1, -0.05) is 78.2 Å². The summed E-state index contributed by atoms with van der Waals surface area (Å²) in [4.78, 5) is 8.63. The molecule has 0 rings (SSSR count). The third-order valence-electron chi connectivity index (χ3n) is 4.05. The Bertz CT molecular complexity index is 292. The summed E-state index contributed by atoms with van der Waals surface area (Å²) in [5.74, 6) is 0.581. The second-order valence-electron chi connectivity index (χ2n) is 5.86. The highest BCUT2D eigenvalue weighted by molar-refractivity contribution is 6.31. The molecule has 1 atom stereocenters. The van der Waals surface area contributed by atoms with Crippen LogP contribution in [-0.4, -0.2) is 19.0 Å². The van der Waals surface area contributed by atoms with E-state index >= 15 is 0 Å². The monoisotopic (exact) mass is 292 g/mol. The summed E-state index contributed by atoms with van der Waals surface area (Å²) in [5, 5.41) is 0. The molecule has 0 fully saturated rings. The van der Waals surface area contributed by atoms with E-state index in [2.05, 4.69) is 30.4 Å². The highest BCUT2D eigenvalue weighted by Crippen LogP contribution is 2.20. The maximum Gasteiger partial charge on any atom is 0.0558 e. The normalized spacial score (nSPS) is 13.8. The Labute approximate surface area is 132 Å². The molecule has 0 aromatic carbocycles. The second kappa shape index (κ2) is 15.5. The summed E-state index contributed by atoms with van der Waals surface area (Å²) >= 11 is 0. The van der Waals surface area contributed by atoms with E-state index in [9.17, 15) is 0 Å². The summed E-state index contributed by atoms with van der Waals surface area (Å²) in [5.41, 5.74) is 1.15. The number of hydrogen-bond donors (Lipinski definition) is 0. The fourth-order valence-electron chi connectivity index (χ4n) is 2.73. The molecule has 0 amide bonds. The average Bonchev–Trinajstić information content (AvgIpc) is 2.51. The van der Waals surface area contributed by atoms with Gasteiger partial charge in [0.1, 0.15) is 0 Å². The molecule has 21 heavy (non-hydrogen) atoms. The van der Waals surface area contributed by atoms with Crippen molar-refractivity contribution in [2.24, 2.45) is 15.9 Å². The van der Waals surface area contributed by atoms with Gasteiger partial charge in [-0.05, 0) is 12.8 Å². The van der Waals surface area contributed by atoms with Crippen LogP contribution < -0.4 is 0 Å². The first-order valence-electron chi connectivity index (χ1n) is 8.90. The quantitative estimate of drug-likeness (QED) is 0.268. The molecule has 1 unspecified atom stereocenters. The fraction of sp³-hybridized carbons (Fsp3) is 0.789. The van der Waals surface area contributed by atoms with Gasteiger partial charge in [-0.25, -0.2) is 0 Å². The molecule has 0 heterocycles. The van der Waals surface area contributed by atoms with Gasteiger partial charge in [-0.2, -0.15) is 0 Å². The lowest BCUT2D eigenvalue weighted by Gasteiger charge is -2.16. The van der Waals surface area contributed by atoms with Crippen LogP contribution in [0, 0.1) is 5.92 Å². The van der Waals surface area contributed by atoms with Gasteiger partial charge in [0.05, 0.1) is 5.71 Å². The molecule has 0 aromatic heterocycles. The number of nitrogens with zero attached hydrogens (tertiary/aromatic N) is 2. The van der Waals surface area contributed by atoms with E-state index in [1.54, 1.807) is 6.20 Å². The topological polar surface area (TPSA) is 24.7 Å². The number of rotatable bonds is 14. The first-order chi connectivity index (χ1) is 10.3. The third-order valence-corrected chi connectivity index (χ3v) is 4.05. The maximum atomic E-state index is 4.46. The van der Waals surface area contributed by atoms with E-state index in [0.717, 1.165) is 5.71 Å². The van der Waals surface area contributed by atoms with Gasteiger partial charge in [0.25, 0.3) is 0 Å². The standard InChI is InChI=1S/C19H36N2/c1-5-8-10-12-14-16-18(15-13-11-9-6-2)19(20-4)17-21-7-3/h7,17-18H,3,5-6,8-16H2,1-2,4H3. The van der Waals surface area contributed by atoms with E-state index in [1.807, 2.05) is 13.3 Å². The summed E-state index contributed by atoms with van der Waals surface area (Å²) < 4.78 is 0. The van der Waals surface area contributed by atoms with Crippen LogP contribution >= 0.6 is 0 Å². The van der Waals surface area contributed by atoms with Gasteiger partial charge in [0.15, 0.2) is 0 Å². The van der Waals surface area contributed by atoms with E-state index in [1.165, 1.54) is 70.6 Å². The molecule has 0 aromatic rings. The zero-order chi connectivity index (χ0) is 15.8. The van der Waals surface area contributed by atoms with Crippen molar-refractivity contribution >= 4 is 11.9 Å². The smallest absolute Gasteiger partial charge is 0.0558 e. The Kier molecular flexibility index (Phi) is 14.8. The third kappa shape index (κ3) is 11.4. The Morgan fingerprint density at radius 3 is 1.90 bits per heavy atom. The number of hydrogen-bond acceptors (Lipinski definition) is 2. The van der Waals surface area contributed by atoms with Crippen LogP contribution in [0.15, 0.2) is 22.8 Å². The van der Waals surface area contributed by atoms with Crippen LogP contribution in [0.1, 0.15) is 84.5 Å². The van der Waals surface area contributed by atoms with Gasteiger partial charge < -0.3 is 0 Å². The lowest BCUT2D eigenvalue weighted by atomic mass is 9.90. The Morgan fingerprint density at radius 1 is 0.905 bits per heavy atom. The van der Waals surface area contributed by atoms with Crippen LogP contribution in [0.25, 0.3) is 0 Å². The van der Waals surface area contributed by atoms with E-state index < -0.39 is 0 Å². The Hall–Kier alpha value is -0.920. The van der Waals surface area contributed by atoms with Gasteiger partial charge in [-0.15, -0.1) is 0 Å². The lowest BCUT2D eigenvalue weighted by Crippen LogP contribution is -2.16. The zero-order valence-electron chi connectivity index (χ0n) is 14.6. The number of aliphatic imine (C=N–C) groups is 2. The lowest BCUT2D eigenvalue weighted by molar-refractivity contribution is 0.493. The van der Waals surface area contributed by atoms with Gasteiger partial charge in [-0.3, -0.25) is 9.98 Å².